The Morgan fingerprint density at radius 1 is 1.40 bits per heavy atom. The van der Waals surface area contributed by atoms with E-state index in [-0.39, 0.29) is 17.8 Å². The number of piperidine rings is 1. The molecule has 1 amide bonds. The smallest absolute Gasteiger partial charge is 0.361 e. The average Bonchev–Trinajstić information content (AvgIpc) is 3.15. The molecule has 2 heterocycles. The lowest BCUT2D eigenvalue weighted by atomic mass is 9.97. The molecule has 0 radical (unpaired) electrons. The molecular formula is C16H22N6O3. The maximum atomic E-state index is 12.5. The van der Waals surface area contributed by atoms with Crippen molar-refractivity contribution in [3.05, 3.63) is 24.3 Å². The number of anilines is 1. The van der Waals surface area contributed by atoms with Gasteiger partial charge < -0.3 is 19.7 Å². The minimum Gasteiger partial charge on any atom is -0.422 e. The summed E-state index contributed by atoms with van der Waals surface area (Å²) in [6.07, 6.45) is 1.94. The fourth-order valence-electron chi connectivity index (χ4n) is 2.84. The summed E-state index contributed by atoms with van der Waals surface area (Å²) in [5.41, 5.74) is 0.736. The van der Waals surface area contributed by atoms with Gasteiger partial charge in [0.05, 0.1) is 12.5 Å². The third-order valence-corrected chi connectivity index (χ3v) is 4.14. The third kappa shape index (κ3) is 4.97. The van der Waals surface area contributed by atoms with Crippen LogP contribution in [0.2, 0.25) is 0 Å². The van der Waals surface area contributed by atoms with Gasteiger partial charge in [0, 0.05) is 25.9 Å². The van der Waals surface area contributed by atoms with E-state index >= 15 is 0 Å². The normalized spacial score (nSPS) is 18.0. The lowest BCUT2D eigenvalue weighted by Crippen LogP contribution is -2.41. The fourth-order valence-corrected chi connectivity index (χ4v) is 2.84. The summed E-state index contributed by atoms with van der Waals surface area (Å²) in [7, 11) is 1.69. The predicted octanol–water partition coefficient (Wildman–Crippen LogP) is 1.29. The van der Waals surface area contributed by atoms with Crippen molar-refractivity contribution in [2.24, 2.45) is 5.92 Å². The van der Waals surface area contributed by atoms with E-state index in [0.717, 1.165) is 38.2 Å². The predicted molar refractivity (Wildman–Crippen MR) is 90.4 cm³/mol. The number of rotatable bonds is 7. The van der Waals surface area contributed by atoms with E-state index in [1.165, 1.54) is 0 Å². The van der Waals surface area contributed by atoms with Crippen molar-refractivity contribution >= 4 is 11.6 Å². The van der Waals surface area contributed by atoms with Gasteiger partial charge in [-0.1, -0.05) is 10.2 Å². The number of tetrazole rings is 1. The van der Waals surface area contributed by atoms with Crippen LogP contribution in [0.5, 0.6) is 11.8 Å². The van der Waals surface area contributed by atoms with Gasteiger partial charge in [-0.3, -0.25) is 4.79 Å². The van der Waals surface area contributed by atoms with Gasteiger partial charge in [-0.25, -0.2) is 0 Å². The molecule has 2 aromatic rings. The van der Waals surface area contributed by atoms with E-state index in [4.69, 9.17) is 9.47 Å². The zero-order chi connectivity index (χ0) is 17.5. The largest absolute Gasteiger partial charge is 0.422 e. The molecule has 1 unspecified atom stereocenters. The molecule has 1 fully saturated rings. The number of aromatic amines is 1. The number of aromatic nitrogens is 4. The molecule has 0 saturated carbocycles. The topological polar surface area (TPSA) is 105 Å². The van der Waals surface area contributed by atoms with Crippen molar-refractivity contribution in [3.8, 4) is 11.8 Å². The Labute approximate surface area is 145 Å². The number of carbonyl (C=O) groups is 1. The molecule has 25 heavy (non-hydrogen) atoms. The third-order valence-electron chi connectivity index (χ3n) is 4.14. The zero-order valence-electron chi connectivity index (χ0n) is 14.1. The summed E-state index contributed by atoms with van der Waals surface area (Å²) >= 11 is 0. The molecule has 9 nitrogen and oxygen atoms in total. The van der Waals surface area contributed by atoms with Gasteiger partial charge >= 0.3 is 6.01 Å². The first-order chi connectivity index (χ1) is 12.2. The molecule has 9 heteroatoms. The minimum absolute atomic E-state index is 0.000799. The number of hydrogen-bond donors (Lipinski definition) is 2. The summed E-state index contributed by atoms with van der Waals surface area (Å²) in [6.45, 7) is 3.35. The average molecular weight is 346 g/mol. The summed E-state index contributed by atoms with van der Waals surface area (Å²) in [6, 6.07) is 7.22. The van der Waals surface area contributed by atoms with Crippen LogP contribution in [0, 0.1) is 5.92 Å². The highest BCUT2D eigenvalue weighted by Gasteiger charge is 2.25. The van der Waals surface area contributed by atoms with Crippen LogP contribution in [-0.2, 0) is 9.53 Å². The summed E-state index contributed by atoms with van der Waals surface area (Å²) in [5.74, 6) is 0.623. The monoisotopic (exact) mass is 346 g/mol. The molecule has 134 valence electrons. The van der Waals surface area contributed by atoms with Gasteiger partial charge in [-0.2, -0.15) is 5.21 Å². The molecule has 1 aromatic heterocycles. The lowest BCUT2D eigenvalue weighted by Gasteiger charge is -2.31. The molecule has 3 rings (SSSR count). The number of methoxy groups -OCH3 is 1. The van der Waals surface area contributed by atoms with Crippen LogP contribution in [0.4, 0.5) is 5.69 Å². The highest BCUT2D eigenvalue weighted by atomic mass is 16.5. The van der Waals surface area contributed by atoms with Crippen molar-refractivity contribution in [1.82, 2.24) is 25.5 Å². The molecule has 0 bridgehead atoms. The first kappa shape index (κ1) is 17.3. The number of nitrogens with zero attached hydrogens (tertiary/aromatic N) is 4. The van der Waals surface area contributed by atoms with Crippen LogP contribution in [-0.4, -0.2) is 64.8 Å². The number of carbonyl (C=O) groups excluding carboxylic acids is 1. The summed E-state index contributed by atoms with van der Waals surface area (Å²) < 4.78 is 10.5. The van der Waals surface area contributed by atoms with Crippen LogP contribution in [0.3, 0.4) is 0 Å². The molecule has 1 aliphatic rings. The number of H-pyrrole nitrogens is 1. The van der Waals surface area contributed by atoms with E-state index in [1.807, 2.05) is 0 Å². The second-order valence-corrected chi connectivity index (χ2v) is 5.94. The minimum atomic E-state index is 0.000799. The molecule has 0 spiro atoms. The Morgan fingerprint density at radius 2 is 2.24 bits per heavy atom. The Morgan fingerprint density at radius 3 is 2.96 bits per heavy atom. The van der Waals surface area contributed by atoms with Crippen molar-refractivity contribution < 1.29 is 14.3 Å². The number of benzene rings is 1. The van der Waals surface area contributed by atoms with E-state index < -0.39 is 0 Å². The Balaban J connectivity index is 1.52. The second kappa shape index (κ2) is 8.54. The second-order valence-electron chi connectivity index (χ2n) is 5.94. The molecule has 1 atom stereocenters. The van der Waals surface area contributed by atoms with Gasteiger partial charge in [-0.05, 0) is 48.9 Å². The van der Waals surface area contributed by atoms with E-state index in [1.54, 1.807) is 31.4 Å². The van der Waals surface area contributed by atoms with Crippen molar-refractivity contribution in [3.63, 3.8) is 0 Å². The quantitative estimate of drug-likeness (QED) is 0.778. The zero-order valence-corrected chi connectivity index (χ0v) is 14.1. The molecule has 1 aliphatic heterocycles. The number of hydrogen-bond acceptors (Lipinski definition) is 7. The number of ether oxygens (including phenoxy) is 2. The van der Waals surface area contributed by atoms with Gasteiger partial charge in [0.1, 0.15) is 5.75 Å². The van der Waals surface area contributed by atoms with Gasteiger partial charge in [-0.15, -0.1) is 0 Å². The molecule has 0 aliphatic carbocycles. The fraction of sp³-hybridized carbons (Fsp3) is 0.500. The first-order valence-corrected chi connectivity index (χ1v) is 8.28. The Hall–Kier alpha value is -2.52. The highest BCUT2D eigenvalue weighted by Crippen LogP contribution is 2.22. The number of nitrogens with one attached hydrogen (secondary N) is 2. The van der Waals surface area contributed by atoms with E-state index in [9.17, 15) is 4.79 Å². The van der Waals surface area contributed by atoms with Gasteiger partial charge in [0.2, 0.25) is 5.91 Å². The van der Waals surface area contributed by atoms with Crippen LogP contribution in [0.1, 0.15) is 12.8 Å². The van der Waals surface area contributed by atoms with E-state index in [0.29, 0.717) is 12.4 Å². The van der Waals surface area contributed by atoms with Crippen molar-refractivity contribution in [1.29, 1.82) is 0 Å². The van der Waals surface area contributed by atoms with Gasteiger partial charge in [0.15, 0.2) is 0 Å². The Kier molecular flexibility index (Phi) is 5.91. The summed E-state index contributed by atoms with van der Waals surface area (Å²) in [5, 5.41) is 16.1. The standard InChI is InChI=1S/C16H22N6O3/c1-24-10-9-22-8-2-3-12(11-22)15(23)17-13-4-6-14(7-5-13)25-16-18-20-21-19-16/h4-7,12H,2-3,8-11H2,1H3,(H,17,23)(H,18,19,20,21). The van der Waals surface area contributed by atoms with Crippen LogP contribution >= 0.6 is 0 Å². The maximum Gasteiger partial charge on any atom is 0.361 e. The molecule has 2 N–H and O–H groups in total. The van der Waals surface area contributed by atoms with Crippen LogP contribution < -0.4 is 10.1 Å². The summed E-state index contributed by atoms with van der Waals surface area (Å²) in [4.78, 5) is 14.8. The van der Waals surface area contributed by atoms with Crippen LogP contribution in [0.25, 0.3) is 0 Å². The maximum absolute atomic E-state index is 12.5. The number of likely N-dealkylation sites (tertiary alicyclic amines) is 1. The molecule has 1 aromatic carbocycles. The van der Waals surface area contributed by atoms with Gasteiger partial charge in [0.25, 0.3) is 0 Å². The first-order valence-electron chi connectivity index (χ1n) is 8.28. The van der Waals surface area contributed by atoms with Crippen molar-refractivity contribution in [2.75, 3.05) is 38.7 Å². The molecular weight excluding hydrogens is 324 g/mol. The SMILES string of the molecule is COCCN1CCCC(C(=O)Nc2ccc(Oc3nn[nH]n3)cc2)C1. The van der Waals surface area contributed by atoms with Crippen molar-refractivity contribution in [2.45, 2.75) is 12.8 Å². The van der Waals surface area contributed by atoms with Crippen LogP contribution in [0.15, 0.2) is 24.3 Å². The van der Waals surface area contributed by atoms with E-state index in [2.05, 4.69) is 30.8 Å². The Bertz CT molecular complexity index is 661. The number of amides is 1. The lowest BCUT2D eigenvalue weighted by molar-refractivity contribution is -0.121. The molecule has 1 saturated heterocycles. The highest BCUT2D eigenvalue weighted by molar-refractivity contribution is 5.92.